The van der Waals surface area contributed by atoms with E-state index >= 15 is 0 Å². The summed E-state index contributed by atoms with van der Waals surface area (Å²) in [4.78, 5) is 25.0. The number of benzene rings is 2. The average molecular weight is 416 g/mol. The van der Waals surface area contributed by atoms with Gasteiger partial charge in [0, 0.05) is 12.1 Å². The van der Waals surface area contributed by atoms with Gasteiger partial charge in [-0.2, -0.15) is 4.31 Å². The lowest BCUT2D eigenvalue weighted by Crippen LogP contribution is -2.42. The third-order valence-electron chi connectivity index (χ3n) is 5.09. The molecular weight excluding hydrogens is 390 g/mol. The molecule has 1 saturated heterocycles. The largest absolute Gasteiger partial charge is 0.456 e. The van der Waals surface area contributed by atoms with Crippen molar-refractivity contribution in [3.8, 4) is 0 Å². The molecule has 0 N–H and O–H groups in total. The molecule has 1 heterocycles. The number of ketones is 1. The van der Waals surface area contributed by atoms with Gasteiger partial charge in [-0.15, -0.1) is 0 Å². The van der Waals surface area contributed by atoms with Crippen molar-refractivity contribution in [2.24, 2.45) is 0 Å². The second kappa shape index (κ2) is 8.47. The van der Waals surface area contributed by atoms with Crippen LogP contribution in [0.5, 0.6) is 0 Å². The molecular formula is C22H25NO5S. The molecule has 1 aliphatic heterocycles. The smallest absolute Gasteiger partial charge is 0.324 e. The van der Waals surface area contributed by atoms with E-state index in [2.05, 4.69) is 0 Å². The Morgan fingerprint density at radius 1 is 1.07 bits per heavy atom. The van der Waals surface area contributed by atoms with Crippen LogP contribution in [0.3, 0.4) is 0 Å². The fourth-order valence-corrected chi connectivity index (χ4v) is 5.96. The molecule has 29 heavy (non-hydrogen) atoms. The van der Waals surface area contributed by atoms with Crippen LogP contribution in [-0.4, -0.2) is 43.7 Å². The lowest BCUT2D eigenvalue weighted by molar-refractivity contribution is -0.146. The van der Waals surface area contributed by atoms with Gasteiger partial charge in [0.25, 0.3) is 0 Å². The van der Waals surface area contributed by atoms with Crippen molar-refractivity contribution in [3.63, 3.8) is 0 Å². The normalized spacial score (nSPS) is 17.3. The molecule has 2 aromatic carbocycles. The van der Waals surface area contributed by atoms with E-state index in [0.29, 0.717) is 29.5 Å². The summed E-state index contributed by atoms with van der Waals surface area (Å²) in [7, 11) is -3.85. The van der Waals surface area contributed by atoms with Gasteiger partial charge in [0.15, 0.2) is 12.4 Å². The number of hydrogen-bond donors (Lipinski definition) is 0. The highest BCUT2D eigenvalue weighted by Gasteiger charge is 2.41. The van der Waals surface area contributed by atoms with E-state index in [9.17, 15) is 18.0 Å². The SMILES string of the molecule is Cc1cc(C)c(S(=O)(=O)N2CCCC2C(=O)OCC(=O)c2ccccc2)c(C)c1. The molecule has 0 amide bonds. The van der Waals surface area contributed by atoms with Crippen LogP contribution < -0.4 is 0 Å². The summed E-state index contributed by atoms with van der Waals surface area (Å²) in [6.45, 7) is 5.27. The fraction of sp³-hybridized carbons (Fsp3) is 0.364. The Hall–Kier alpha value is -2.51. The number of ether oxygens (including phenoxy) is 1. The molecule has 0 spiro atoms. The minimum atomic E-state index is -3.85. The zero-order valence-corrected chi connectivity index (χ0v) is 17.7. The first-order valence-corrected chi connectivity index (χ1v) is 11.0. The summed E-state index contributed by atoms with van der Waals surface area (Å²) in [6, 6.07) is 11.3. The van der Waals surface area contributed by atoms with E-state index in [1.807, 2.05) is 19.1 Å². The third kappa shape index (κ3) is 4.41. The molecule has 1 fully saturated rings. The van der Waals surface area contributed by atoms with Crippen LogP contribution in [0.2, 0.25) is 0 Å². The second-order valence-corrected chi connectivity index (χ2v) is 9.23. The Kier molecular flexibility index (Phi) is 6.19. The highest BCUT2D eigenvalue weighted by molar-refractivity contribution is 7.89. The van der Waals surface area contributed by atoms with Crippen LogP contribution in [0.25, 0.3) is 0 Å². The van der Waals surface area contributed by atoms with Crippen LogP contribution in [0.1, 0.15) is 39.9 Å². The van der Waals surface area contributed by atoms with Crippen LogP contribution in [0, 0.1) is 20.8 Å². The first-order valence-electron chi connectivity index (χ1n) is 9.56. The molecule has 0 saturated carbocycles. The van der Waals surface area contributed by atoms with E-state index in [0.717, 1.165) is 5.56 Å². The second-order valence-electron chi connectivity index (χ2n) is 7.40. The molecule has 2 aromatic rings. The lowest BCUT2D eigenvalue weighted by Gasteiger charge is -2.24. The monoisotopic (exact) mass is 415 g/mol. The van der Waals surface area contributed by atoms with Crippen molar-refractivity contribution in [2.45, 2.75) is 44.6 Å². The summed E-state index contributed by atoms with van der Waals surface area (Å²) in [5.41, 5.74) is 2.74. The minimum absolute atomic E-state index is 0.239. The quantitative estimate of drug-likeness (QED) is 0.535. The zero-order chi connectivity index (χ0) is 21.2. The van der Waals surface area contributed by atoms with Crippen molar-refractivity contribution in [3.05, 3.63) is 64.7 Å². The highest BCUT2D eigenvalue weighted by atomic mass is 32.2. The molecule has 1 atom stereocenters. The number of Topliss-reactive ketones (excluding diaryl/α,β-unsaturated/α-hetero) is 1. The van der Waals surface area contributed by atoms with Gasteiger partial charge in [-0.25, -0.2) is 8.42 Å². The van der Waals surface area contributed by atoms with Gasteiger partial charge in [-0.1, -0.05) is 48.0 Å². The third-order valence-corrected chi connectivity index (χ3v) is 7.30. The maximum Gasteiger partial charge on any atom is 0.324 e. The number of hydrogen-bond acceptors (Lipinski definition) is 5. The number of sulfonamides is 1. The van der Waals surface area contributed by atoms with Gasteiger partial charge >= 0.3 is 5.97 Å². The Labute approximate surface area is 171 Å². The predicted molar refractivity (Wildman–Crippen MR) is 109 cm³/mol. The summed E-state index contributed by atoms with van der Waals surface area (Å²) in [6.07, 6.45) is 0.942. The van der Waals surface area contributed by atoms with Crippen molar-refractivity contribution in [1.82, 2.24) is 4.31 Å². The topological polar surface area (TPSA) is 80.8 Å². The van der Waals surface area contributed by atoms with E-state index < -0.39 is 28.6 Å². The maximum absolute atomic E-state index is 13.3. The van der Waals surface area contributed by atoms with Gasteiger partial charge < -0.3 is 4.74 Å². The highest BCUT2D eigenvalue weighted by Crippen LogP contribution is 2.31. The van der Waals surface area contributed by atoms with Crippen LogP contribution in [0.4, 0.5) is 0 Å². The molecule has 1 aliphatic rings. The molecule has 3 rings (SSSR count). The number of rotatable bonds is 6. The summed E-state index contributed by atoms with van der Waals surface area (Å²) >= 11 is 0. The molecule has 154 valence electrons. The summed E-state index contributed by atoms with van der Waals surface area (Å²) in [5.74, 6) is -1.01. The minimum Gasteiger partial charge on any atom is -0.456 e. The Morgan fingerprint density at radius 3 is 2.31 bits per heavy atom. The first-order chi connectivity index (χ1) is 13.7. The van der Waals surface area contributed by atoms with Gasteiger partial charge in [0.2, 0.25) is 10.0 Å². The molecule has 6 nitrogen and oxygen atoms in total. The first kappa shape index (κ1) is 21.2. The van der Waals surface area contributed by atoms with Crippen LogP contribution in [-0.2, 0) is 19.6 Å². The molecule has 0 radical (unpaired) electrons. The Balaban J connectivity index is 1.77. The van der Waals surface area contributed by atoms with Crippen molar-refractivity contribution in [1.29, 1.82) is 0 Å². The molecule has 0 bridgehead atoms. The van der Waals surface area contributed by atoms with Gasteiger partial charge in [-0.05, 0) is 44.7 Å². The number of esters is 1. The number of carbonyl (C=O) groups excluding carboxylic acids is 2. The predicted octanol–water partition coefficient (Wildman–Crippen LogP) is 3.19. The molecule has 7 heteroatoms. The van der Waals surface area contributed by atoms with E-state index in [1.165, 1.54) is 4.31 Å². The van der Waals surface area contributed by atoms with Crippen molar-refractivity contribution >= 4 is 21.8 Å². The van der Waals surface area contributed by atoms with Gasteiger partial charge in [-0.3, -0.25) is 9.59 Å². The maximum atomic E-state index is 13.3. The Morgan fingerprint density at radius 2 is 1.69 bits per heavy atom. The van der Waals surface area contributed by atoms with E-state index in [1.54, 1.807) is 44.2 Å². The number of aryl methyl sites for hydroxylation is 3. The van der Waals surface area contributed by atoms with Crippen molar-refractivity contribution in [2.75, 3.05) is 13.2 Å². The number of nitrogens with zero attached hydrogens (tertiary/aromatic N) is 1. The van der Waals surface area contributed by atoms with Crippen molar-refractivity contribution < 1.29 is 22.7 Å². The van der Waals surface area contributed by atoms with E-state index in [4.69, 9.17) is 4.74 Å². The van der Waals surface area contributed by atoms with Crippen LogP contribution >= 0.6 is 0 Å². The van der Waals surface area contributed by atoms with E-state index in [-0.39, 0.29) is 17.2 Å². The fourth-order valence-electron chi connectivity index (χ4n) is 3.89. The summed E-state index contributed by atoms with van der Waals surface area (Å²) in [5, 5.41) is 0. The average Bonchev–Trinajstić information content (AvgIpc) is 3.16. The Bertz CT molecular complexity index is 1010. The summed E-state index contributed by atoms with van der Waals surface area (Å²) < 4.78 is 33.0. The molecule has 0 aliphatic carbocycles. The van der Waals surface area contributed by atoms with Gasteiger partial charge in [0.05, 0.1) is 4.90 Å². The standard InChI is InChI=1S/C22H25NO5S/c1-15-12-16(2)21(17(3)13-15)29(26,27)23-11-7-10-19(23)22(25)28-14-20(24)18-8-5-4-6-9-18/h4-6,8-9,12-13,19H,7,10-11,14H2,1-3H3. The van der Waals surface area contributed by atoms with Crippen LogP contribution in [0.15, 0.2) is 47.4 Å². The lowest BCUT2D eigenvalue weighted by atomic mass is 10.1. The number of carbonyl (C=O) groups is 2. The molecule has 1 unspecified atom stereocenters. The molecule has 0 aromatic heterocycles. The zero-order valence-electron chi connectivity index (χ0n) is 16.8. The van der Waals surface area contributed by atoms with Gasteiger partial charge in [0.1, 0.15) is 6.04 Å².